The third kappa shape index (κ3) is 8.14. The third-order valence-corrected chi connectivity index (χ3v) is 3.72. The van der Waals surface area contributed by atoms with Crippen molar-refractivity contribution in [3.8, 4) is 0 Å². The Morgan fingerprint density at radius 3 is 2.10 bits per heavy atom. The van der Waals surface area contributed by atoms with E-state index in [1.165, 1.54) is 12.5 Å². The van der Waals surface area contributed by atoms with E-state index in [-0.39, 0.29) is 5.57 Å². The molecule has 2 rings (SSSR count). The van der Waals surface area contributed by atoms with Gasteiger partial charge in [-0.1, -0.05) is 62.8 Å². The van der Waals surface area contributed by atoms with Crippen molar-refractivity contribution in [3.63, 3.8) is 0 Å². The number of carboxylic acid groups (broad SMARTS) is 1. The van der Waals surface area contributed by atoms with Crippen LogP contribution < -0.4 is 10.2 Å². The van der Waals surface area contributed by atoms with Gasteiger partial charge in [0, 0.05) is 25.5 Å². The first-order valence-electron chi connectivity index (χ1n) is 9.64. The SMILES string of the molecule is CCC.CN(C)c1ccc(/C=C/C=C(/C(=N)C(=O)O)C(=O)Nc2ccccc2)cc1. The molecule has 158 valence electrons. The molecule has 6 heteroatoms. The summed E-state index contributed by atoms with van der Waals surface area (Å²) in [5, 5.41) is 19.4. The van der Waals surface area contributed by atoms with Gasteiger partial charge in [0.2, 0.25) is 0 Å². The van der Waals surface area contributed by atoms with E-state index in [1.54, 1.807) is 42.5 Å². The number of aliphatic carboxylic acids is 1. The summed E-state index contributed by atoms with van der Waals surface area (Å²) >= 11 is 0. The molecule has 1 amide bonds. The average Bonchev–Trinajstić information content (AvgIpc) is 2.72. The Morgan fingerprint density at radius 2 is 1.60 bits per heavy atom. The van der Waals surface area contributed by atoms with Crippen LogP contribution in [-0.4, -0.2) is 36.8 Å². The van der Waals surface area contributed by atoms with Crippen molar-refractivity contribution in [2.45, 2.75) is 20.3 Å². The number of hydrogen-bond donors (Lipinski definition) is 3. The Kier molecular flexibility index (Phi) is 10.3. The van der Waals surface area contributed by atoms with E-state index >= 15 is 0 Å². The number of nitrogens with zero attached hydrogens (tertiary/aromatic N) is 1. The van der Waals surface area contributed by atoms with Crippen molar-refractivity contribution in [3.05, 3.63) is 77.9 Å². The molecule has 2 aromatic carbocycles. The van der Waals surface area contributed by atoms with Crippen molar-refractivity contribution in [1.29, 1.82) is 5.41 Å². The molecule has 3 N–H and O–H groups in total. The Hall–Kier alpha value is -3.67. The van der Waals surface area contributed by atoms with Crippen LogP contribution in [0.15, 0.2) is 72.3 Å². The van der Waals surface area contributed by atoms with E-state index in [4.69, 9.17) is 10.5 Å². The highest BCUT2D eigenvalue weighted by molar-refractivity contribution is 6.48. The molecule has 6 nitrogen and oxygen atoms in total. The van der Waals surface area contributed by atoms with Gasteiger partial charge in [-0.05, 0) is 35.9 Å². The van der Waals surface area contributed by atoms with Gasteiger partial charge < -0.3 is 15.3 Å². The first-order chi connectivity index (χ1) is 14.3. The fraction of sp³-hybridized carbons (Fsp3) is 0.208. The second kappa shape index (κ2) is 12.7. The number of anilines is 2. The summed E-state index contributed by atoms with van der Waals surface area (Å²) in [4.78, 5) is 25.5. The molecule has 0 fully saturated rings. The molecule has 0 aliphatic rings. The van der Waals surface area contributed by atoms with Gasteiger partial charge in [0.25, 0.3) is 5.91 Å². The minimum atomic E-state index is -1.46. The van der Waals surface area contributed by atoms with E-state index in [0.717, 1.165) is 11.3 Å². The molecule has 30 heavy (non-hydrogen) atoms. The lowest BCUT2D eigenvalue weighted by molar-refractivity contribution is -0.129. The van der Waals surface area contributed by atoms with Gasteiger partial charge in [-0.2, -0.15) is 0 Å². The molecule has 0 saturated heterocycles. The van der Waals surface area contributed by atoms with Crippen LogP contribution in [0.1, 0.15) is 25.8 Å². The number of carbonyl (C=O) groups is 2. The minimum absolute atomic E-state index is 0.229. The van der Waals surface area contributed by atoms with Crippen LogP contribution in [0.4, 0.5) is 11.4 Å². The smallest absolute Gasteiger partial charge is 0.354 e. The van der Waals surface area contributed by atoms with Crippen LogP contribution in [0.3, 0.4) is 0 Å². The Morgan fingerprint density at radius 1 is 1.03 bits per heavy atom. The molecule has 2 aromatic rings. The highest BCUT2D eigenvalue weighted by Gasteiger charge is 2.20. The molecule has 0 saturated carbocycles. The lowest BCUT2D eigenvalue weighted by atomic mass is 10.1. The van der Waals surface area contributed by atoms with E-state index < -0.39 is 17.6 Å². The third-order valence-electron chi connectivity index (χ3n) is 3.72. The van der Waals surface area contributed by atoms with E-state index in [0.29, 0.717) is 5.69 Å². The van der Waals surface area contributed by atoms with Crippen molar-refractivity contribution < 1.29 is 14.7 Å². The topological polar surface area (TPSA) is 93.5 Å². The van der Waals surface area contributed by atoms with Crippen molar-refractivity contribution in [2.24, 2.45) is 0 Å². The highest BCUT2D eigenvalue weighted by Crippen LogP contribution is 2.14. The molecule has 0 unspecified atom stereocenters. The zero-order valence-electron chi connectivity index (χ0n) is 17.8. The van der Waals surface area contributed by atoms with Gasteiger partial charge in [0.05, 0.1) is 5.57 Å². The molecule has 0 atom stereocenters. The van der Waals surface area contributed by atoms with E-state index in [1.807, 2.05) is 43.3 Å². The number of carbonyl (C=O) groups excluding carboxylic acids is 1. The number of carboxylic acids is 1. The van der Waals surface area contributed by atoms with Crippen LogP contribution in [0.5, 0.6) is 0 Å². The maximum Gasteiger partial charge on any atom is 0.354 e. The monoisotopic (exact) mass is 407 g/mol. The predicted octanol–water partition coefficient (Wildman–Crippen LogP) is 4.85. The number of benzene rings is 2. The molecule has 0 bridgehead atoms. The average molecular weight is 408 g/mol. The van der Waals surface area contributed by atoms with E-state index in [2.05, 4.69) is 19.2 Å². The number of para-hydroxylation sites is 1. The van der Waals surface area contributed by atoms with Gasteiger partial charge in [-0.25, -0.2) is 4.79 Å². The minimum Gasteiger partial charge on any atom is -0.477 e. The molecular formula is C24H29N3O3. The van der Waals surface area contributed by atoms with Gasteiger partial charge >= 0.3 is 5.97 Å². The Balaban J connectivity index is 0.00000141. The first kappa shape index (κ1) is 24.4. The maximum absolute atomic E-state index is 12.4. The number of rotatable bonds is 7. The maximum atomic E-state index is 12.4. The van der Waals surface area contributed by atoms with Crippen molar-refractivity contribution >= 4 is 35.0 Å². The fourth-order valence-electron chi connectivity index (χ4n) is 2.25. The molecule has 0 radical (unpaired) electrons. The summed E-state index contributed by atoms with van der Waals surface area (Å²) in [5.74, 6) is -2.12. The van der Waals surface area contributed by atoms with Gasteiger partial charge in [0.1, 0.15) is 0 Å². The Labute approximate surface area is 178 Å². The zero-order valence-corrected chi connectivity index (χ0v) is 17.8. The van der Waals surface area contributed by atoms with E-state index in [9.17, 15) is 9.59 Å². The molecule has 0 heterocycles. The molecule has 0 aromatic heterocycles. The van der Waals surface area contributed by atoms with Crippen LogP contribution in [0, 0.1) is 5.41 Å². The quantitative estimate of drug-likeness (QED) is 0.347. The second-order valence-electron chi connectivity index (χ2n) is 6.63. The lowest BCUT2D eigenvalue weighted by Crippen LogP contribution is -2.25. The molecule has 0 spiro atoms. The summed E-state index contributed by atoms with van der Waals surface area (Å²) < 4.78 is 0. The predicted molar refractivity (Wildman–Crippen MR) is 124 cm³/mol. The summed E-state index contributed by atoms with van der Waals surface area (Å²) in [6.07, 6.45) is 5.88. The van der Waals surface area contributed by atoms with Crippen molar-refractivity contribution in [1.82, 2.24) is 0 Å². The van der Waals surface area contributed by atoms with Crippen LogP contribution in [-0.2, 0) is 9.59 Å². The van der Waals surface area contributed by atoms with Gasteiger partial charge in [-0.15, -0.1) is 0 Å². The second-order valence-corrected chi connectivity index (χ2v) is 6.63. The number of nitrogens with one attached hydrogen (secondary N) is 2. The summed E-state index contributed by atoms with van der Waals surface area (Å²) in [5.41, 5.74) is 1.47. The van der Waals surface area contributed by atoms with Gasteiger partial charge in [0.15, 0.2) is 5.71 Å². The largest absolute Gasteiger partial charge is 0.477 e. The summed E-state index contributed by atoms with van der Waals surface area (Å²) in [6, 6.07) is 16.4. The Bertz CT molecular complexity index is 899. The van der Waals surface area contributed by atoms with Crippen LogP contribution in [0.2, 0.25) is 0 Å². The fourth-order valence-corrected chi connectivity index (χ4v) is 2.25. The van der Waals surface area contributed by atoms with Crippen LogP contribution in [0.25, 0.3) is 6.08 Å². The molecule has 0 aliphatic heterocycles. The molecular weight excluding hydrogens is 378 g/mol. The number of amides is 1. The highest BCUT2D eigenvalue weighted by atomic mass is 16.4. The number of hydrogen-bond acceptors (Lipinski definition) is 4. The normalized spacial score (nSPS) is 10.7. The first-order valence-corrected chi connectivity index (χ1v) is 9.64. The number of allylic oxidation sites excluding steroid dienone is 2. The summed E-state index contributed by atoms with van der Waals surface area (Å²) in [7, 11) is 3.89. The van der Waals surface area contributed by atoms with Crippen LogP contribution >= 0.6 is 0 Å². The van der Waals surface area contributed by atoms with Crippen molar-refractivity contribution in [2.75, 3.05) is 24.3 Å². The standard InChI is InChI=1S/C21H21N3O3.C3H8/c1-24(2)17-13-11-15(12-14-17)7-6-10-18(19(22)21(26)27)20(25)23-16-8-4-3-5-9-16;1-3-2/h3-14,22H,1-2H3,(H,23,25)(H,26,27);3H2,1-2H3/b7-6+,18-10-,22-19?;. The zero-order chi connectivity index (χ0) is 22.5. The lowest BCUT2D eigenvalue weighted by Gasteiger charge is -2.11. The summed E-state index contributed by atoms with van der Waals surface area (Å²) in [6.45, 7) is 4.25. The van der Waals surface area contributed by atoms with Gasteiger partial charge in [-0.3, -0.25) is 10.2 Å². The molecule has 0 aliphatic carbocycles.